The van der Waals surface area contributed by atoms with E-state index < -0.39 is 0 Å². The lowest BCUT2D eigenvalue weighted by atomic mass is 10.1. The van der Waals surface area contributed by atoms with Gasteiger partial charge in [-0.25, -0.2) is 0 Å². The van der Waals surface area contributed by atoms with Gasteiger partial charge in [0.2, 0.25) is 11.8 Å². The van der Waals surface area contributed by atoms with Crippen molar-refractivity contribution >= 4 is 11.8 Å². The van der Waals surface area contributed by atoms with Gasteiger partial charge in [-0.05, 0) is 45.2 Å². The fourth-order valence-electron chi connectivity index (χ4n) is 2.76. The van der Waals surface area contributed by atoms with E-state index >= 15 is 0 Å². The van der Waals surface area contributed by atoms with Crippen molar-refractivity contribution in [2.75, 3.05) is 19.6 Å². The summed E-state index contributed by atoms with van der Waals surface area (Å²) in [6.07, 6.45) is 14.9. The standard InChI is InChI=1S/C20H41N3O2/c1-2-3-16-22-17-13-11-15-20(25)23-18-12-9-7-5-4-6-8-10-14-19(21)24/h22H,2-18H2,1H3,(H2,21,24)(H,23,25). The molecule has 0 unspecified atom stereocenters. The number of primary amides is 1. The molecule has 0 radical (unpaired) electrons. The highest BCUT2D eigenvalue weighted by Gasteiger charge is 2.00. The van der Waals surface area contributed by atoms with Gasteiger partial charge < -0.3 is 16.4 Å². The molecule has 2 amide bonds. The summed E-state index contributed by atoms with van der Waals surface area (Å²) in [5.41, 5.74) is 5.11. The molecule has 0 aliphatic rings. The summed E-state index contributed by atoms with van der Waals surface area (Å²) in [6.45, 7) is 5.12. The lowest BCUT2D eigenvalue weighted by Crippen LogP contribution is -2.24. The van der Waals surface area contributed by atoms with E-state index in [-0.39, 0.29) is 11.8 Å². The number of hydrogen-bond donors (Lipinski definition) is 3. The van der Waals surface area contributed by atoms with Crippen LogP contribution in [0.15, 0.2) is 0 Å². The second kappa shape index (κ2) is 19.2. The third kappa shape index (κ3) is 20.9. The lowest BCUT2D eigenvalue weighted by Gasteiger charge is -2.06. The third-order valence-electron chi connectivity index (χ3n) is 4.39. The van der Waals surface area contributed by atoms with Crippen molar-refractivity contribution in [1.29, 1.82) is 0 Å². The Kier molecular flexibility index (Phi) is 18.4. The molecule has 0 spiro atoms. The fraction of sp³-hybridized carbons (Fsp3) is 0.900. The Balaban J connectivity index is 3.16. The van der Waals surface area contributed by atoms with Gasteiger partial charge >= 0.3 is 0 Å². The van der Waals surface area contributed by atoms with Crippen molar-refractivity contribution in [1.82, 2.24) is 10.6 Å². The van der Waals surface area contributed by atoms with E-state index in [2.05, 4.69) is 17.6 Å². The van der Waals surface area contributed by atoms with Gasteiger partial charge in [0.25, 0.3) is 0 Å². The Hall–Kier alpha value is -1.10. The van der Waals surface area contributed by atoms with Crippen LogP contribution in [0.5, 0.6) is 0 Å². The lowest BCUT2D eigenvalue weighted by molar-refractivity contribution is -0.121. The molecule has 0 aliphatic carbocycles. The first kappa shape index (κ1) is 23.9. The predicted octanol–water partition coefficient (Wildman–Crippen LogP) is 3.66. The maximum Gasteiger partial charge on any atom is 0.219 e. The highest BCUT2D eigenvalue weighted by molar-refractivity contribution is 5.75. The van der Waals surface area contributed by atoms with Gasteiger partial charge in [-0.2, -0.15) is 0 Å². The quantitative estimate of drug-likeness (QED) is 0.309. The van der Waals surface area contributed by atoms with Crippen LogP contribution >= 0.6 is 0 Å². The van der Waals surface area contributed by atoms with E-state index in [1.54, 1.807) is 0 Å². The molecule has 5 heteroatoms. The van der Waals surface area contributed by atoms with Gasteiger partial charge in [0.05, 0.1) is 0 Å². The van der Waals surface area contributed by atoms with Crippen molar-refractivity contribution in [3.05, 3.63) is 0 Å². The summed E-state index contributed by atoms with van der Waals surface area (Å²) >= 11 is 0. The van der Waals surface area contributed by atoms with Crippen LogP contribution in [0.4, 0.5) is 0 Å². The highest BCUT2D eigenvalue weighted by Crippen LogP contribution is 2.09. The Morgan fingerprint density at radius 2 is 1.20 bits per heavy atom. The second-order valence-corrected chi connectivity index (χ2v) is 6.96. The molecule has 4 N–H and O–H groups in total. The maximum absolute atomic E-state index is 11.7. The number of rotatable bonds is 19. The molecule has 0 heterocycles. The number of nitrogens with one attached hydrogen (secondary N) is 2. The summed E-state index contributed by atoms with van der Waals surface area (Å²) in [4.78, 5) is 22.3. The zero-order chi connectivity index (χ0) is 18.6. The first-order valence-electron chi connectivity index (χ1n) is 10.4. The number of hydrogen-bond acceptors (Lipinski definition) is 3. The topological polar surface area (TPSA) is 84.2 Å². The SMILES string of the molecule is CCCCNCCCCC(=O)NCCCCCCCCCCC(N)=O. The van der Waals surface area contributed by atoms with Crippen molar-refractivity contribution in [2.24, 2.45) is 5.73 Å². The zero-order valence-corrected chi connectivity index (χ0v) is 16.4. The van der Waals surface area contributed by atoms with Crippen LogP contribution in [0.3, 0.4) is 0 Å². The number of nitrogens with two attached hydrogens (primary N) is 1. The first-order valence-corrected chi connectivity index (χ1v) is 10.4. The molecule has 0 aromatic rings. The third-order valence-corrected chi connectivity index (χ3v) is 4.39. The average Bonchev–Trinajstić information content (AvgIpc) is 2.58. The van der Waals surface area contributed by atoms with E-state index in [0.29, 0.717) is 12.8 Å². The fourth-order valence-corrected chi connectivity index (χ4v) is 2.76. The van der Waals surface area contributed by atoms with E-state index in [0.717, 1.165) is 51.7 Å². The van der Waals surface area contributed by atoms with Crippen molar-refractivity contribution in [3.8, 4) is 0 Å². The molecule has 0 fully saturated rings. The van der Waals surface area contributed by atoms with E-state index in [1.165, 1.54) is 44.9 Å². The molecule has 0 aliphatic heterocycles. The Labute approximate surface area is 154 Å². The van der Waals surface area contributed by atoms with E-state index in [4.69, 9.17) is 5.73 Å². The van der Waals surface area contributed by atoms with E-state index in [9.17, 15) is 9.59 Å². The Morgan fingerprint density at radius 3 is 1.84 bits per heavy atom. The Bertz CT molecular complexity index is 322. The second-order valence-electron chi connectivity index (χ2n) is 6.96. The number of carbonyl (C=O) groups excluding carboxylic acids is 2. The molecule has 0 saturated heterocycles. The summed E-state index contributed by atoms with van der Waals surface area (Å²) < 4.78 is 0. The van der Waals surface area contributed by atoms with Gasteiger partial charge in [-0.3, -0.25) is 9.59 Å². The van der Waals surface area contributed by atoms with Gasteiger partial charge in [-0.1, -0.05) is 51.9 Å². The van der Waals surface area contributed by atoms with Crippen molar-refractivity contribution < 1.29 is 9.59 Å². The molecular weight excluding hydrogens is 314 g/mol. The van der Waals surface area contributed by atoms with Gasteiger partial charge in [0.15, 0.2) is 0 Å². The van der Waals surface area contributed by atoms with Crippen LogP contribution in [0.1, 0.15) is 96.8 Å². The molecule has 0 rings (SSSR count). The maximum atomic E-state index is 11.7. The minimum absolute atomic E-state index is 0.189. The average molecular weight is 356 g/mol. The minimum atomic E-state index is -0.189. The summed E-state index contributed by atoms with van der Waals surface area (Å²) in [5.74, 6) is 0.00805. The van der Waals surface area contributed by atoms with Gasteiger partial charge in [-0.15, -0.1) is 0 Å². The summed E-state index contributed by atoms with van der Waals surface area (Å²) in [6, 6.07) is 0. The van der Waals surface area contributed by atoms with Gasteiger partial charge in [0.1, 0.15) is 0 Å². The predicted molar refractivity (Wildman–Crippen MR) is 105 cm³/mol. The first-order chi connectivity index (χ1) is 12.2. The van der Waals surface area contributed by atoms with Crippen LogP contribution in [0, 0.1) is 0 Å². The van der Waals surface area contributed by atoms with Gasteiger partial charge in [0, 0.05) is 19.4 Å². The molecule has 0 bridgehead atoms. The van der Waals surface area contributed by atoms with E-state index in [1.807, 2.05) is 0 Å². The van der Waals surface area contributed by atoms with Crippen molar-refractivity contribution in [3.63, 3.8) is 0 Å². The number of amides is 2. The molecule has 0 aromatic heterocycles. The van der Waals surface area contributed by atoms with Crippen LogP contribution in [-0.2, 0) is 9.59 Å². The van der Waals surface area contributed by atoms with Crippen LogP contribution in [0.2, 0.25) is 0 Å². The number of unbranched alkanes of at least 4 members (excludes halogenated alkanes) is 9. The molecule has 25 heavy (non-hydrogen) atoms. The highest BCUT2D eigenvalue weighted by atomic mass is 16.1. The summed E-state index contributed by atoms with van der Waals surface area (Å²) in [7, 11) is 0. The Morgan fingerprint density at radius 1 is 0.680 bits per heavy atom. The zero-order valence-electron chi connectivity index (χ0n) is 16.4. The normalized spacial score (nSPS) is 10.8. The van der Waals surface area contributed by atoms with Crippen LogP contribution in [-0.4, -0.2) is 31.4 Å². The molecular formula is C20H41N3O2. The molecule has 0 atom stereocenters. The largest absolute Gasteiger partial charge is 0.370 e. The number of carbonyl (C=O) groups is 2. The smallest absolute Gasteiger partial charge is 0.219 e. The molecule has 0 aromatic carbocycles. The van der Waals surface area contributed by atoms with Crippen molar-refractivity contribution in [2.45, 2.75) is 96.8 Å². The monoisotopic (exact) mass is 355 g/mol. The van der Waals surface area contributed by atoms with Crippen LogP contribution < -0.4 is 16.4 Å². The molecule has 148 valence electrons. The molecule has 5 nitrogen and oxygen atoms in total. The van der Waals surface area contributed by atoms with Crippen LogP contribution in [0.25, 0.3) is 0 Å². The minimum Gasteiger partial charge on any atom is -0.370 e. The molecule has 0 saturated carbocycles. The summed E-state index contributed by atoms with van der Waals surface area (Å²) in [5, 5.41) is 6.42.